The molecule has 0 rings (SSSR count). The average Bonchev–Trinajstić information content (AvgIpc) is 2.12. The minimum Gasteiger partial charge on any atom is -0.377 e. The van der Waals surface area contributed by atoms with Crippen molar-refractivity contribution in [2.24, 2.45) is 0 Å². The van der Waals surface area contributed by atoms with Gasteiger partial charge < -0.3 is 13.3 Å². The molecule has 0 aliphatic heterocycles. The summed E-state index contributed by atoms with van der Waals surface area (Å²) in [6.45, 7) is 12.6. The van der Waals surface area contributed by atoms with Gasteiger partial charge in [-0.1, -0.05) is 27.2 Å². The minimum atomic E-state index is -2.63. The molecule has 0 amide bonds. The van der Waals surface area contributed by atoms with Gasteiger partial charge in [0.1, 0.15) is 0 Å². The Balaban J connectivity index is 5.08. The average molecular weight is 248 g/mol. The Morgan fingerprint density at radius 1 is 0.938 bits per heavy atom. The van der Waals surface area contributed by atoms with Crippen LogP contribution in [0.4, 0.5) is 0 Å². The molecule has 0 aromatic rings. The smallest absolute Gasteiger partial charge is 0.377 e. The van der Waals surface area contributed by atoms with Crippen molar-refractivity contribution >= 4 is 8.80 Å². The van der Waals surface area contributed by atoms with Gasteiger partial charge in [-0.3, -0.25) is 0 Å². The maximum absolute atomic E-state index is 6.14. The zero-order valence-electron chi connectivity index (χ0n) is 12.1. The first-order valence-electron chi connectivity index (χ1n) is 5.94. The Morgan fingerprint density at radius 3 is 1.62 bits per heavy atom. The SMILES string of the molecule is CCCC(C)(C)[Si](OC)(OC)OC(C)(C)C. The fourth-order valence-electron chi connectivity index (χ4n) is 2.04. The molecular formula is C12H28O3Si. The maximum Gasteiger partial charge on any atom is 0.506 e. The maximum atomic E-state index is 6.14. The van der Waals surface area contributed by atoms with Crippen LogP contribution < -0.4 is 0 Å². The second-order valence-corrected chi connectivity index (χ2v) is 9.30. The highest BCUT2D eigenvalue weighted by atomic mass is 28.4. The summed E-state index contributed by atoms with van der Waals surface area (Å²) >= 11 is 0. The molecule has 0 aromatic carbocycles. The third kappa shape index (κ3) is 3.84. The van der Waals surface area contributed by atoms with Crippen LogP contribution in [-0.2, 0) is 13.3 Å². The lowest BCUT2D eigenvalue weighted by atomic mass is 10.1. The molecule has 0 saturated heterocycles. The Morgan fingerprint density at radius 2 is 1.38 bits per heavy atom. The lowest BCUT2D eigenvalue weighted by Gasteiger charge is -2.43. The highest BCUT2D eigenvalue weighted by Gasteiger charge is 2.55. The minimum absolute atomic E-state index is 0.0570. The molecule has 0 aromatic heterocycles. The van der Waals surface area contributed by atoms with Gasteiger partial charge in [-0.25, -0.2) is 0 Å². The van der Waals surface area contributed by atoms with Crippen LogP contribution in [0.5, 0.6) is 0 Å². The van der Waals surface area contributed by atoms with Crippen LogP contribution >= 0.6 is 0 Å². The Hall–Kier alpha value is 0.0969. The van der Waals surface area contributed by atoms with Gasteiger partial charge in [0.25, 0.3) is 0 Å². The van der Waals surface area contributed by atoms with E-state index in [9.17, 15) is 0 Å². The summed E-state index contributed by atoms with van der Waals surface area (Å²) in [7, 11) is 0.759. The van der Waals surface area contributed by atoms with Crippen LogP contribution in [0, 0.1) is 0 Å². The van der Waals surface area contributed by atoms with Crippen LogP contribution in [-0.4, -0.2) is 28.6 Å². The van der Waals surface area contributed by atoms with Crippen molar-refractivity contribution in [3.05, 3.63) is 0 Å². The molecule has 98 valence electrons. The van der Waals surface area contributed by atoms with Crippen molar-refractivity contribution in [3.8, 4) is 0 Å². The summed E-state index contributed by atoms with van der Waals surface area (Å²) < 4.78 is 17.5. The summed E-state index contributed by atoms with van der Waals surface area (Å²) in [5, 5.41) is -0.0570. The summed E-state index contributed by atoms with van der Waals surface area (Å²) in [6.07, 6.45) is 2.14. The van der Waals surface area contributed by atoms with Crippen molar-refractivity contribution < 1.29 is 13.3 Å². The quantitative estimate of drug-likeness (QED) is 0.672. The molecule has 0 fully saturated rings. The van der Waals surface area contributed by atoms with Crippen molar-refractivity contribution in [2.45, 2.75) is 65.0 Å². The first kappa shape index (κ1) is 16.1. The van der Waals surface area contributed by atoms with Gasteiger partial charge in [0, 0.05) is 19.3 Å². The van der Waals surface area contributed by atoms with E-state index in [0.29, 0.717) is 0 Å². The molecular weight excluding hydrogens is 220 g/mol. The molecule has 0 saturated carbocycles. The van der Waals surface area contributed by atoms with Gasteiger partial charge in [-0.2, -0.15) is 0 Å². The summed E-state index contributed by atoms with van der Waals surface area (Å²) in [5.74, 6) is 0. The molecule has 3 nitrogen and oxygen atoms in total. The monoisotopic (exact) mass is 248 g/mol. The molecule has 0 aliphatic rings. The van der Waals surface area contributed by atoms with E-state index in [-0.39, 0.29) is 10.6 Å². The number of rotatable bonds is 6. The highest BCUT2D eigenvalue weighted by Crippen LogP contribution is 2.44. The fourth-order valence-corrected chi connectivity index (χ4v) is 5.12. The van der Waals surface area contributed by atoms with Crippen LogP contribution in [0.3, 0.4) is 0 Å². The zero-order chi connectivity index (χ0) is 13.0. The van der Waals surface area contributed by atoms with E-state index in [2.05, 4.69) is 20.8 Å². The molecule has 4 heteroatoms. The zero-order valence-corrected chi connectivity index (χ0v) is 13.1. The van der Waals surface area contributed by atoms with Gasteiger partial charge in [-0.15, -0.1) is 0 Å². The van der Waals surface area contributed by atoms with Crippen LogP contribution in [0.25, 0.3) is 0 Å². The second kappa shape index (κ2) is 5.62. The standard InChI is InChI=1S/C12H28O3Si/c1-9-10-12(5,6)16(13-7,14-8)15-11(2,3)4/h9-10H2,1-8H3. The summed E-state index contributed by atoms with van der Waals surface area (Å²) in [4.78, 5) is 0. The fraction of sp³-hybridized carbons (Fsp3) is 1.00. The van der Waals surface area contributed by atoms with E-state index in [4.69, 9.17) is 13.3 Å². The highest BCUT2D eigenvalue weighted by molar-refractivity contribution is 6.64. The van der Waals surface area contributed by atoms with E-state index in [1.807, 2.05) is 20.8 Å². The van der Waals surface area contributed by atoms with E-state index in [0.717, 1.165) is 12.8 Å². The first-order valence-corrected chi connectivity index (χ1v) is 7.67. The van der Waals surface area contributed by atoms with Crippen molar-refractivity contribution in [2.75, 3.05) is 14.2 Å². The Labute approximate surface area is 102 Å². The lowest BCUT2D eigenvalue weighted by molar-refractivity contribution is -0.00132. The third-order valence-corrected chi connectivity index (χ3v) is 6.55. The normalized spacial score (nSPS) is 14.2. The van der Waals surface area contributed by atoms with E-state index < -0.39 is 8.80 Å². The van der Waals surface area contributed by atoms with E-state index in [1.165, 1.54) is 0 Å². The number of hydrogen-bond acceptors (Lipinski definition) is 3. The molecule has 0 bridgehead atoms. The van der Waals surface area contributed by atoms with Crippen LogP contribution in [0.2, 0.25) is 5.04 Å². The van der Waals surface area contributed by atoms with Gasteiger partial charge in [-0.05, 0) is 27.2 Å². The molecule has 0 radical (unpaired) electrons. The lowest BCUT2D eigenvalue weighted by Crippen LogP contribution is -2.56. The van der Waals surface area contributed by atoms with Crippen LogP contribution in [0.15, 0.2) is 0 Å². The van der Waals surface area contributed by atoms with E-state index in [1.54, 1.807) is 14.2 Å². The Bertz CT molecular complexity index is 205. The van der Waals surface area contributed by atoms with Gasteiger partial charge >= 0.3 is 8.80 Å². The number of hydrogen-bond donors (Lipinski definition) is 0. The van der Waals surface area contributed by atoms with Gasteiger partial charge in [0.05, 0.1) is 5.60 Å². The molecule has 0 aliphatic carbocycles. The van der Waals surface area contributed by atoms with Crippen molar-refractivity contribution in [3.63, 3.8) is 0 Å². The second-order valence-electron chi connectivity index (χ2n) is 5.81. The molecule has 16 heavy (non-hydrogen) atoms. The summed E-state index contributed by atoms with van der Waals surface area (Å²) in [5.41, 5.74) is -0.247. The van der Waals surface area contributed by atoms with E-state index >= 15 is 0 Å². The van der Waals surface area contributed by atoms with Gasteiger partial charge in [0.2, 0.25) is 0 Å². The molecule has 0 N–H and O–H groups in total. The molecule has 0 heterocycles. The molecule has 0 spiro atoms. The molecule has 0 atom stereocenters. The van der Waals surface area contributed by atoms with Crippen LogP contribution in [0.1, 0.15) is 54.4 Å². The summed E-state index contributed by atoms with van der Waals surface area (Å²) in [6, 6.07) is 0. The van der Waals surface area contributed by atoms with Crippen molar-refractivity contribution in [1.29, 1.82) is 0 Å². The predicted molar refractivity (Wildman–Crippen MR) is 69.6 cm³/mol. The first-order chi connectivity index (χ1) is 7.14. The molecule has 0 unspecified atom stereocenters. The van der Waals surface area contributed by atoms with Gasteiger partial charge in [0.15, 0.2) is 0 Å². The third-order valence-electron chi connectivity index (χ3n) is 2.68. The Kier molecular flexibility index (Phi) is 5.66. The predicted octanol–water partition coefficient (Wildman–Crippen LogP) is 3.61. The topological polar surface area (TPSA) is 27.7 Å². The largest absolute Gasteiger partial charge is 0.506 e. The van der Waals surface area contributed by atoms with Crippen molar-refractivity contribution in [1.82, 2.24) is 0 Å².